The molecular formula is C11H17NO3. The molecule has 0 aliphatic heterocycles. The summed E-state index contributed by atoms with van der Waals surface area (Å²) in [5.74, 6) is 0.0119. The molecule has 0 fully saturated rings. The first-order chi connectivity index (χ1) is 6.93. The predicted molar refractivity (Wildman–Crippen MR) is 56.5 cm³/mol. The van der Waals surface area contributed by atoms with Crippen LogP contribution in [0.3, 0.4) is 0 Å². The Kier molecular flexibility index (Phi) is 3.52. The van der Waals surface area contributed by atoms with Crippen LogP contribution < -0.4 is 5.32 Å². The van der Waals surface area contributed by atoms with Gasteiger partial charge in [0.2, 0.25) is 0 Å². The van der Waals surface area contributed by atoms with Crippen LogP contribution in [-0.2, 0) is 4.79 Å². The van der Waals surface area contributed by atoms with Gasteiger partial charge in [-0.3, -0.25) is 4.79 Å². The Bertz CT molecular complexity index is 317. The quantitative estimate of drug-likeness (QED) is 0.782. The summed E-state index contributed by atoms with van der Waals surface area (Å²) in [7, 11) is 0. The molecular weight excluding hydrogens is 194 g/mol. The predicted octanol–water partition coefficient (Wildman–Crippen LogP) is 2.04. The standard InChI is InChI=1S/C11H17NO3/c1-8(9-5-4-6-15-9)12-7-11(2,3)10(13)14/h4-6,8,12H,7H2,1-3H3,(H,13,14)/t8-/m1/s1. The van der Waals surface area contributed by atoms with Crippen molar-refractivity contribution in [3.63, 3.8) is 0 Å². The zero-order chi connectivity index (χ0) is 11.5. The molecule has 0 bridgehead atoms. The number of hydrogen-bond donors (Lipinski definition) is 2. The Labute approximate surface area is 89.3 Å². The van der Waals surface area contributed by atoms with Gasteiger partial charge < -0.3 is 14.8 Å². The molecule has 4 heteroatoms. The molecule has 1 atom stereocenters. The van der Waals surface area contributed by atoms with E-state index in [-0.39, 0.29) is 6.04 Å². The number of carbonyl (C=O) groups is 1. The Morgan fingerprint density at radius 2 is 2.33 bits per heavy atom. The van der Waals surface area contributed by atoms with Gasteiger partial charge in [-0.15, -0.1) is 0 Å². The summed E-state index contributed by atoms with van der Waals surface area (Å²) >= 11 is 0. The van der Waals surface area contributed by atoms with E-state index in [1.165, 1.54) is 0 Å². The Balaban J connectivity index is 2.47. The van der Waals surface area contributed by atoms with Crippen LogP contribution >= 0.6 is 0 Å². The second-order valence-corrected chi connectivity index (χ2v) is 4.31. The van der Waals surface area contributed by atoms with Crippen LogP contribution in [0.25, 0.3) is 0 Å². The van der Waals surface area contributed by atoms with Crippen LogP contribution in [0.2, 0.25) is 0 Å². The molecule has 0 spiro atoms. The van der Waals surface area contributed by atoms with E-state index in [4.69, 9.17) is 9.52 Å². The fraction of sp³-hybridized carbons (Fsp3) is 0.545. The molecule has 0 radical (unpaired) electrons. The largest absolute Gasteiger partial charge is 0.481 e. The zero-order valence-corrected chi connectivity index (χ0v) is 9.28. The second kappa shape index (κ2) is 4.49. The second-order valence-electron chi connectivity index (χ2n) is 4.31. The van der Waals surface area contributed by atoms with Crippen molar-refractivity contribution in [2.24, 2.45) is 5.41 Å². The third-order valence-electron chi connectivity index (χ3n) is 2.40. The summed E-state index contributed by atoms with van der Waals surface area (Å²) < 4.78 is 5.21. The van der Waals surface area contributed by atoms with E-state index in [9.17, 15) is 4.79 Å². The number of rotatable bonds is 5. The number of hydrogen-bond acceptors (Lipinski definition) is 3. The lowest BCUT2D eigenvalue weighted by Gasteiger charge is -2.21. The van der Waals surface area contributed by atoms with Gasteiger partial charge in [0.25, 0.3) is 0 Å². The summed E-state index contributed by atoms with van der Waals surface area (Å²) in [6.45, 7) is 5.73. The maximum atomic E-state index is 10.9. The van der Waals surface area contributed by atoms with Gasteiger partial charge >= 0.3 is 5.97 Å². The SMILES string of the molecule is C[C@@H](NCC(C)(C)C(=O)O)c1ccco1. The summed E-state index contributed by atoms with van der Waals surface area (Å²) in [5, 5.41) is 12.1. The van der Waals surface area contributed by atoms with Gasteiger partial charge in [0.1, 0.15) is 5.76 Å². The van der Waals surface area contributed by atoms with E-state index in [0.29, 0.717) is 6.54 Å². The molecule has 2 N–H and O–H groups in total. The molecule has 1 heterocycles. The van der Waals surface area contributed by atoms with Crippen LogP contribution in [0.5, 0.6) is 0 Å². The monoisotopic (exact) mass is 211 g/mol. The van der Waals surface area contributed by atoms with Crippen molar-refractivity contribution in [2.45, 2.75) is 26.8 Å². The number of nitrogens with one attached hydrogen (secondary N) is 1. The zero-order valence-electron chi connectivity index (χ0n) is 9.28. The average Bonchev–Trinajstić information content (AvgIpc) is 2.66. The van der Waals surface area contributed by atoms with E-state index in [0.717, 1.165) is 5.76 Å². The van der Waals surface area contributed by atoms with Crippen molar-refractivity contribution in [2.75, 3.05) is 6.54 Å². The number of aliphatic carboxylic acids is 1. The third-order valence-corrected chi connectivity index (χ3v) is 2.40. The minimum absolute atomic E-state index is 0.0265. The molecule has 84 valence electrons. The average molecular weight is 211 g/mol. The maximum absolute atomic E-state index is 10.9. The van der Waals surface area contributed by atoms with Crippen molar-refractivity contribution < 1.29 is 14.3 Å². The molecule has 0 saturated heterocycles. The van der Waals surface area contributed by atoms with Crippen molar-refractivity contribution in [3.05, 3.63) is 24.2 Å². The summed E-state index contributed by atoms with van der Waals surface area (Å²) in [6, 6.07) is 3.71. The smallest absolute Gasteiger partial charge is 0.310 e. The first kappa shape index (κ1) is 11.8. The molecule has 0 aliphatic rings. The van der Waals surface area contributed by atoms with Crippen molar-refractivity contribution >= 4 is 5.97 Å². The van der Waals surface area contributed by atoms with E-state index in [1.54, 1.807) is 20.1 Å². The highest BCUT2D eigenvalue weighted by molar-refractivity contribution is 5.73. The van der Waals surface area contributed by atoms with Crippen molar-refractivity contribution in [3.8, 4) is 0 Å². The lowest BCUT2D eigenvalue weighted by Crippen LogP contribution is -2.37. The highest BCUT2D eigenvalue weighted by atomic mass is 16.4. The number of carboxylic acids is 1. The first-order valence-corrected chi connectivity index (χ1v) is 4.93. The molecule has 0 aromatic carbocycles. The van der Waals surface area contributed by atoms with Gasteiger partial charge in [-0.25, -0.2) is 0 Å². The highest BCUT2D eigenvalue weighted by Gasteiger charge is 2.27. The van der Waals surface area contributed by atoms with E-state index in [1.807, 2.05) is 19.1 Å². The first-order valence-electron chi connectivity index (χ1n) is 4.93. The topological polar surface area (TPSA) is 62.5 Å². The third kappa shape index (κ3) is 3.09. The molecule has 1 aromatic heterocycles. The van der Waals surface area contributed by atoms with Gasteiger partial charge in [-0.2, -0.15) is 0 Å². The molecule has 0 amide bonds. The molecule has 0 saturated carbocycles. The summed E-state index contributed by atoms with van der Waals surface area (Å²) in [5.41, 5.74) is -0.763. The fourth-order valence-electron chi connectivity index (χ4n) is 1.12. The van der Waals surface area contributed by atoms with Crippen LogP contribution in [-0.4, -0.2) is 17.6 Å². The van der Waals surface area contributed by atoms with E-state index in [2.05, 4.69) is 5.32 Å². The normalized spacial score (nSPS) is 13.8. The molecule has 1 rings (SSSR count). The molecule has 0 aliphatic carbocycles. The van der Waals surface area contributed by atoms with Gasteiger partial charge in [0.15, 0.2) is 0 Å². The Morgan fingerprint density at radius 3 is 2.80 bits per heavy atom. The Morgan fingerprint density at radius 1 is 1.67 bits per heavy atom. The minimum atomic E-state index is -0.804. The van der Waals surface area contributed by atoms with Gasteiger partial charge in [0, 0.05) is 6.54 Å². The van der Waals surface area contributed by atoms with E-state index < -0.39 is 11.4 Å². The number of carboxylic acid groups (broad SMARTS) is 1. The fourth-order valence-corrected chi connectivity index (χ4v) is 1.12. The number of furan rings is 1. The summed E-state index contributed by atoms with van der Waals surface area (Å²) in [6.07, 6.45) is 1.61. The van der Waals surface area contributed by atoms with E-state index >= 15 is 0 Å². The highest BCUT2D eigenvalue weighted by Crippen LogP contribution is 2.17. The molecule has 4 nitrogen and oxygen atoms in total. The summed E-state index contributed by atoms with van der Waals surface area (Å²) in [4.78, 5) is 10.9. The molecule has 15 heavy (non-hydrogen) atoms. The minimum Gasteiger partial charge on any atom is -0.481 e. The molecule has 0 unspecified atom stereocenters. The van der Waals surface area contributed by atoms with Gasteiger partial charge in [-0.05, 0) is 32.9 Å². The Hall–Kier alpha value is -1.29. The van der Waals surface area contributed by atoms with Crippen LogP contribution in [0, 0.1) is 5.41 Å². The maximum Gasteiger partial charge on any atom is 0.310 e. The van der Waals surface area contributed by atoms with Crippen LogP contribution in [0.15, 0.2) is 22.8 Å². The lowest BCUT2D eigenvalue weighted by molar-refractivity contribution is -0.146. The van der Waals surface area contributed by atoms with Crippen LogP contribution in [0.1, 0.15) is 32.6 Å². The molecule has 1 aromatic rings. The van der Waals surface area contributed by atoms with Gasteiger partial charge in [0.05, 0.1) is 17.7 Å². The van der Waals surface area contributed by atoms with Crippen LogP contribution in [0.4, 0.5) is 0 Å². The van der Waals surface area contributed by atoms with Crippen molar-refractivity contribution in [1.82, 2.24) is 5.32 Å². The van der Waals surface area contributed by atoms with Crippen molar-refractivity contribution in [1.29, 1.82) is 0 Å². The van der Waals surface area contributed by atoms with Gasteiger partial charge in [-0.1, -0.05) is 0 Å². The lowest BCUT2D eigenvalue weighted by atomic mass is 9.93.